The summed E-state index contributed by atoms with van der Waals surface area (Å²) in [5, 5.41) is 8.68. The zero-order valence-electron chi connectivity index (χ0n) is 8.77. The smallest absolute Gasteiger partial charge is 0.342 e. The van der Waals surface area contributed by atoms with Crippen molar-refractivity contribution >= 4 is 5.97 Å². The summed E-state index contributed by atoms with van der Waals surface area (Å²) in [7, 11) is 1.55. The molecule has 0 saturated heterocycles. The number of hydrogen-bond acceptors (Lipinski definition) is 4. The lowest BCUT2D eigenvalue weighted by molar-refractivity contribution is 0.0687. The molecule has 1 heterocycles. The molecule has 6 nitrogen and oxygen atoms in total. The van der Waals surface area contributed by atoms with E-state index in [4.69, 9.17) is 9.84 Å². The standard InChI is InChI=1S/C10H12N2O4/c1-16-7(5-2-3-5)8-11-4-6(10(14)15)9(13)12-8/h4-5,7H,2-3H2,1H3,(H,14,15)(H,11,12,13). The van der Waals surface area contributed by atoms with Gasteiger partial charge in [-0.25, -0.2) is 9.78 Å². The molecule has 2 N–H and O–H groups in total. The quantitative estimate of drug-likeness (QED) is 0.779. The lowest BCUT2D eigenvalue weighted by Crippen LogP contribution is -2.22. The molecule has 1 aliphatic rings. The van der Waals surface area contributed by atoms with Gasteiger partial charge in [-0.1, -0.05) is 0 Å². The van der Waals surface area contributed by atoms with E-state index < -0.39 is 11.5 Å². The Balaban J connectivity index is 2.32. The Kier molecular flexibility index (Phi) is 2.74. The predicted octanol–water partition coefficient (Wildman–Crippen LogP) is 0.566. The van der Waals surface area contributed by atoms with Crippen molar-refractivity contribution in [3.63, 3.8) is 0 Å². The predicted molar refractivity (Wildman–Crippen MR) is 54.3 cm³/mol. The molecule has 0 radical (unpaired) electrons. The molecule has 1 atom stereocenters. The highest BCUT2D eigenvalue weighted by molar-refractivity contribution is 5.86. The summed E-state index contributed by atoms with van der Waals surface area (Å²) in [6, 6.07) is 0. The molecule has 0 amide bonds. The molecule has 0 aliphatic heterocycles. The normalized spacial score (nSPS) is 17.1. The minimum absolute atomic E-state index is 0.240. The van der Waals surface area contributed by atoms with Crippen LogP contribution in [0.25, 0.3) is 0 Å². The Morgan fingerprint density at radius 2 is 2.38 bits per heavy atom. The van der Waals surface area contributed by atoms with Crippen LogP contribution in [0.2, 0.25) is 0 Å². The fraction of sp³-hybridized carbons (Fsp3) is 0.500. The van der Waals surface area contributed by atoms with Crippen molar-refractivity contribution in [2.24, 2.45) is 5.92 Å². The van der Waals surface area contributed by atoms with Crippen molar-refractivity contribution in [2.45, 2.75) is 18.9 Å². The molecule has 1 unspecified atom stereocenters. The fourth-order valence-corrected chi connectivity index (χ4v) is 1.63. The molecule has 6 heteroatoms. The lowest BCUT2D eigenvalue weighted by Gasteiger charge is -2.12. The second kappa shape index (κ2) is 4.05. The van der Waals surface area contributed by atoms with Gasteiger partial charge in [-0.2, -0.15) is 0 Å². The average molecular weight is 224 g/mol. The van der Waals surface area contributed by atoms with Gasteiger partial charge in [-0.05, 0) is 18.8 Å². The summed E-state index contributed by atoms with van der Waals surface area (Å²) in [5.74, 6) is -0.496. The molecule has 1 aromatic heterocycles. The number of rotatable bonds is 4. The van der Waals surface area contributed by atoms with Crippen LogP contribution in [0.15, 0.2) is 11.0 Å². The van der Waals surface area contributed by atoms with Crippen molar-refractivity contribution < 1.29 is 14.6 Å². The minimum atomic E-state index is -1.28. The van der Waals surface area contributed by atoms with Crippen LogP contribution in [-0.4, -0.2) is 28.2 Å². The Labute approximate surface area is 91.3 Å². The molecule has 0 aromatic carbocycles. The first-order valence-corrected chi connectivity index (χ1v) is 4.98. The van der Waals surface area contributed by atoms with Crippen LogP contribution < -0.4 is 5.56 Å². The maximum atomic E-state index is 11.4. The third kappa shape index (κ3) is 1.96. The summed E-state index contributed by atoms with van der Waals surface area (Å²) in [6.45, 7) is 0. The van der Waals surface area contributed by atoms with Crippen molar-refractivity contribution in [2.75, 3.05) is 7.11 Å². The number of carbonyl (C=O) groups is 1. The molecule has 0 bridgehead atoms. The molecule has 0 spiro atoms. The van der Waals surface area contributed by atoms with Gasteiger partial charge in [0.25, 0.3) is 5.56 Å². The van der Waals surface area contributed by atoms with E-state index in [9.17, 15) is 9.59 Å². The number of methoxy groups -OCH3 is 1. The summed E-state index contributed by atoms with van der Waals surface area (Å²) < 4.78 is 5.24. The Morgan fingerprint density at radius 3 is 2.81 bits per heavy atom. The minimum Gasteiger partial charge on any atom is -0.477 e. The van der Waals surface area contributed by atoms with Gasteiger partial charge in [-0.3, -0.25) is 4.79 Å². The highest BCUT2D eigenvalue weighted by atomic mass is 16.5. The van der Waals surface area contributed by atoms with E-state index in [1.165, 1.54) is 0 Å². The first kappa shape index (κ1) is 10.8. The van der Waals surface area contributed by atoms with Gasteiger partial charge in [0.05, 0.1) is 0 Å². The van der Waals surface area contributed by atoms with E-state index in [2.05, 4.69) is 9.97 Å². The van der Waals surface area contributed by atoms with E-state index >= 15 is 0 Å². The van der Waals surface area contributed by atoms with E-state index in [1.807, 2.05) is 0 Å². The third-order valence-corrected chi connectivity index (χ3v) is 2.62. The maximum absolute atomic E-state index is 11.4. The zero-order valence-corrected chi connectivity index (χ0v) is 8.77. The number of carboxylic acids is 1. The maximum Gasteiger partial charge on any atom is 0.342 e. The van der Waals surface area contributed by atoms with Crippen LogP contribution in [0.5, 0.6) is 0 Å². The number of hydrogen-bond donors (Lipinski definition) is 2. The summed E-state index contributed by atoms with van der Waals surface area (Å²) in [4.78, 5) is 28.4. The van der Waals surface area contributed by atoms with Gasteiger partial charge >= 0.3 is 5.97 Å². The second-order valence-electron chi connectivity index (χ2n) is 3.81. The number of nitrogens with zero attached hydrogens (tertiary/aromatic N) is 1. The van der Waals surface area contributed by atoms with Crippen molar-refractivity contribution in [3.8, 4) is 0 Å². The molecular formula is C10H12N2O4. The number of aromatic amines is 1. The Hall–Kier alpha value is -1.69. The lowest BCUT2D eigenvalue weighted by atomic mass is 10.2. The molecule has 1 fully saturated rings. The molecular weight excluding hydrogens is 212 g/mol. The number of nitrogens with one attached hydrogen (secondary N) is 1. The van der Waals surface area contributed by atoms with E-state index in [-0.39, 0.29) is 11.7 Å². The fourth-order valence-electron chi connectivity index (χ4n) is 1.63. The molecule has 1 saturated carbocycles. The van der Waals surface area contributed by atoms with Gasteiger partial charge in [0.1, 0.15) is 17.5 Å². The van der Waals surface area contributed by atoms with E-state index in [0.717, 1.165) is 19.0 Å². The van der Waals surface area contributed by atoms with Crippen molar-refractivity contribution in [1.29, 1.82) is 0 Å². The topological polar surface area (TPSA) is 92.3 Å². The second-order valence-corrected chi connectivity index (χ2v) is 3.81. The number of H-pyrrole nitrogens is 1. The van der Waals surface area contributed by atoms with E-state index in [1.54, 1.807) is 7.11 Å². The summed E-state index contributed by atoms with van der Waals surface area (Å²) in [5.41, 5.74) is -0.991. The number of aromatic nitrogens is 2. The number of aromatic carboxylic acids is 1. The Morgan fingerprint density at radius 1 is 1.69 bits per heavy atom. The molecule has 1 aromatic rings. The van der Waals surface area contributed by atoms with Crippen LogP contribution in [0.3, 0.4) is 0 Å². The third-order valence-electron chi connectivity index (χ3n) is 2.62. The van der Waals surface area contributed by atoms with Gasteiger partial charge in [-0.15, -0.1) is 0 Å². The molecule has 86 valence electrons. The van der Waals surface area contributed by atoms with E-state index in [0.29, 0.717) is 11.7 Å². The monoisotopic (exact) mass is 224 g/mol. The zero-order chi connectivity index (χ0) is 11.7. The highest BCUT2D eigenvalue weighted by Crippen LogP contribution is 2.41. The highest BCUT2D eigenvalue weighted by Gasteiger charge is 2.34. The SMILES string of the molecule is COC(c1ncc(C(=O)O)c(=O)[nH]1)C1CC1. The summed E-state index contributed by atoms with van der Waals surface area (Å²) >= 11 is 0. The van der Waals surface area contributed by atoms with Crippen LogP contribution in [0, 0.1) is 5.92 Å². The number of carboxylic acid groups (broad SMARTS) is 1. The first-order chi connectivity index (χ1) is 7.63. The largest absolute Gasteiger partial charge is 0.477 e. The number of ether oxygens (including phenoxy) is 1. The van der Waals surface area contributed by atoms with Crippen LogP contribution >= 0.6 is 0 Å². The van der Waals surface area contributed by atoms with Crippen LogP contribution in [-0.2, 0) is 4.74 Å². The Bertz CT molecular complexity index is 464. The first-order valence-electron chi connectivity index (χ1n) is 4.98. The van der Waals surface area contributed by atoms with Gasteiger partial charge in [0.2, 0.25) is 0 Å². The molecule has 2 rings (SSSR count). The van der Waals surface area contributed by atoms with Crippen molar-refractivity contribution in [1.82, 2.24) is 9.97 Å². The van der Waals surface area contributed by atoms with Crippen molar-refractivity contribution in [3.05, 3.63) is 27.9 Å². The summed E-state index contributed by atoms with van der Waals surface area (Å²) in [6.07, 6.45) is 2.92. The molecule has 1 aliphatic carbocycles. The molecule has 16 heavy (non-hydrogen) atoms. The average Bonchev–Trinajstić information content (AvgIpc) is 3.02. The van der Waals surface area contributed by atoms with Crippen LogP contribution in [0.1, 0.15) is 35.1 Å². The van der Waals surface area contributed by atoms with Gasteiger partial charge < -0.3 is 14.8 Å². The van der Waals surface area contributed by atoms with Crippen LogP contribution in [0.4, 0.5) is 0 Å². The van der Waals surface area contributed by atoms with Gasteiger partial charge in [0.15, 0.2) is 0 Å². The van der Waals surface area contributed by atoms with Gasteiger partial charge in [0, 0.05) is 13.3 Å².